The van der Waals surface area contributed by atoms with Crippen molar-refractivity contribution in [1.29, 1.82) is 0 Å². The lowest BCUT2D eigenvalue weighted by Crippen LogP contribution is -1.98. The van der Waals surface area contributed by atoms with Crippen LogP contribution in [0, 0.1) is 10.1 Å². The Morgan fingerprint density at radius 3 is 2.62 bits per heavy atom. The number of benzene rings is 1. The molecule has 0 spiro atoms. The van der Waals surface area contributed by atoms with Crippen molar-refractivity contribution in [1.82, 2.24) is 9.97 Å². The van der Waals surface area contributed by atoms with Crippen molar-refractivity contribution >= 4 is 23.0 Å². The van der Waals surface area contributed by atoms with Gasteiger partial charge in [0.1, 0.15) is 0 Å². The van der Waals surface area contributed by atoms with E-state index in [9.17, 15) is 10.1 Å². The van der Waals surface area contributed by atoms with Gasteiger partial charge in [-0.2, -0.15) is 0 Å². The first-order chi connectivity index (χ1) is 10.1. The number of non-ortho nitro benzene ring substituents is 1. The Balaban J connectivity index is 2.10. The molecule has 0 aliphatic heterocycles. The van der Waals surface area contributed by atoms with Crippen LogP contribution in [0.3, 0.4) is 0 Å². The van der Waals surface area contributed by atoms with Crippen LogP contribution in [0.4, 0.5) is 11.6 Å². The number of thiophene rings is 1. The Morgan fingerprint density at radius 2 is 1.90 bits per heavy atom. The standard InChI is InChI=1S/C14H10N4O2S/c15-14-16-11(8-12(17-14)13-5-2-6-21-13)9-3-1-4-10(7-9)18(19)20/h1-8H,(H2,15,16,17). The molecule has 2 N–H and O–H groups in total. The highest BCUT2D eigenvalue weighted by molar-refractivity contribution is 7.13. The van der Waals surface area contributed by atoms with E-state index in [-0.39, 0.29) is 11.6 Å². The summed E-state index contributed by atoms with van der Waals surface area (Å²) in [5, 5.41) is 12.8. The fourth-order valence-corrected chi connectivity index (χ4v) is 2.63. The Labute approximate surface area is 124 Å². The summed E-state index contributed by atoms with van der Waals surface area (Å²) in [5.74, 6) is 0.141. The largest absolute Gasteiger partial charge is 0.368 e. The normalized spacial score (nSPS) is 10.5. The third kappa shape index (κ3) is 2.72. The molecule has 0 saturated carbocycles. The summed E-state index contributed by atoms with van der Waals surface area (Å²) < 4.78 is 0. The first-order valence-corrected chi connectivity index (χ1v) is 6.95. The van der Waals surface area contributed by atoms with E-state index in [1.54, 1.807) is 29.5 Å². The van der Waals surface area contributed by atoms with Gasteiger partial charge in [0.2, 0.25) is 5.95 Å². The fraction of sp³-hybridized carbons (Fsp3) is 0. The van der Waals surface area contributed by atoms with E-state index in [2.05, 4.69) is 9.97 Å². The van der Waals surface area contributed by atoms with Crippen LogP contribution in [-0.2, 0) is 0 Å². The molecule has 2 aromatic heterocycles. The number of hydrogen-bond acceptors (Lipinski definition) is 6. The maximum atomic E-state index is 10.9. The van der Waals surface area contributed by atoms with Gasteiger partial charge in [-0.15, -0.1) is 11.3 Å². The summed E-state index contributed by atoms with van der Waals surface area (Å²) in [6.07, 6.45) is 0. The summed E-state index contributed by atoms with van der Waals surface area (Å²) in [6, 6.07) is 11.9. The molecule has 0 amide bonds. The molecule has 3 aromatic rings. The Kier molecular flexibility index (Phi) is 3.33. The van der Waals surface area contributed by atoms with Crippen LogP contribution in [0.25, 0.3) is 21.8 Å². The van der Waals surface area contributed by atoms with E-state index in [4.69, 9.17) is 5.73 Å². The number of hydrogen-bond donors (Lipinski definition) is 1. The van der Waals surface area contributed by atoms with Crippen LogP contribution in [0.5, 0.6) is 0 Å². The predicted molar refractivity (Wildman–Crippen MR) is 81.8 cm³/mol. The van der Waals surface area contributed by atoms with Crippen molar-refractivity contribution in [3.8, 4) is 21.8 Å². The summed E-state index contributed by atoms with van der Waals surface area (Å²) in [5.41, 5.74) is 7.67. The molecule has 0 saturated heterocycles. The minimum atomic E-state index is -0.436. The first-order valence-electron chi connectivity index (χ1n) is 6.07. The van der Waals surface area contributed by atoms with Gasteiger partial charge in [-0.05, 0) is 17.5 Å². The number of nitro benzene ring substituents is 1. The van der Waals surface area contributed by atoms with Crippen LogP contribution in [0.2, 0.25) is 0 Å². The second kappa shape index (κ2) is 5.29. The Morgan fingerprint density at radius 1 is 1.10 bits per heavy atom. The van der Waals surface area contributed by atoms with Crippen LogP contribution in [0.15, 0.2) is 47.8 Å². The number of nitrogens with zero attached hydrogens (tertiary/aromatic N) is 3. The van der Waals surface area contributed by atoms with E-state index < -0.39 is 4.92 Å². The number of nitrogens with two attached hydrogens (primary N) is 1. The SMILES string of the molecule is Nc1nc(-c2cccc([N+](=O)[O-])c2)cc(-c2cccs2)n1. The van der Waals surface area contributed by atoms with Gasteiger partial charge < -0.3 is 5.73 Å². The molecule has 0 radical (unpaired) electrons. The summed E-state index contributed by atoms with van der Waals surface area (Å²) >= 11 is 1.54. The number of aromatic nitrogens is 2. The van der Waals surface area contributed by atoms with E-state index in [1.165, 1.54) is 12.1 Å². The zero-order valence-corrected chi connectivity index (χ0v) is 11.6. The van der Waals surface area contributed by atoms with Crippen molar-refractivity contribution in [2.45, 2.75) is 0 Å². The average molecular weight is 298 g/mol. The molecule has 1 aromatic carbocycles. The van der Waals surface area contributed by atoms with Gasteiger partial charge >= 0.3 is 0 Å². The molecule has 0 atom stereocenters. The highest BCUT2D eigenvalue weighted by Gasteiger charge is 2.11. The Hall–Kier alpha value is -2.80. The molecule has 7 heteroatoms. The molecule has 0 fully saturated rings. The lowest BCUT2D eigenvalue weighted by atomic mass is 10.1. The first kappa shape index (κ1) is 13.2. The lowest BCUT2D eigenvalue weighted by Gasteiger charge is -2.05. The zero-order valence-electron chi connectivity index (χ0n) is 10.8. The summed E-state index contributed by atoms with van der Waals surface area (Å²) in [4.78, 5) is 19.8. The van der Waals surface area contributed by atoms with Crippen molar-refractivity contribution in [3.05, 3.63) is 58.0 Å². The van der Waals surface area contributed by atoms with Crippen LogP contribution < -0.4 is 5.73 Å². The van der Waals surface area contributed by atoms with E-state index in [0.29, 0.717) is 17.0 Å². The van der Waals surface area contributed by atoms with Crippen LogP contribution in [-0.4, -0.2) is 14.9 Å². The quantitative estimate of drug-likeness (QED) is 0.591. The highest BCUT2D eigenvalue weighted by Crippen LogP contribution is 2.28. The van der Waals surface area contributed by atoms with Crippen LogP contribution >= 0.6 is 11.3 Å². The molecular weight excluding hydrogens is 288 g/mol. The fourth-order valence-electron chi connectivity index (χ4n) is 1.94. The van der Waals surface area contributed by atoms with Crippen molar-refractivity contribution in [2.75, 3.05) is 5.73 Å². The number of rotatable bonds is 3. The van der Waals surface area contributed by atoms with Gasteiger partial charge in [0.15, 0.2) is 0 Å². The molecule has 0 aliphatic carbocycles. The molecular formula is C14H10N4O2S. The van der Waals surface area contributed by atoms with Gasteiger partial charge in [0.25, 0.3) is 5.69 Å². The molecule has 104 valence electrons. The van der Waals surface area contributed by atoms with Gasteiger partial charge in [-0.25, -0.2) is 9.97 Å². The highest BCUT2D eigenvalue weighted by atomic mass is 32.1. The van der Waals surface area contributed by atoms with Gasteiger partial charge in [-0.1, -0.05) is 18.2 Å². The maximum absolute atomic E-state index is 10.9. The minimum Gasteiger partial charge on any atom is -0.368 e. The second-order valence-corrected chi connectivity index (χ2v) is 5.23. The van der Waals surface area contributed by atoms with Crippen molar-refractivity contribution < 1.29 is 4.92 Å². The number of nitro groups is 1. The van der Waals surface area contributed by atoms with Gasteiger partial charge in [-0.3, -0.25) is 10.1 Å². The van der Waals surface area contributed by atoms with E-state index in [1.807, 2.05) is 17.5 Å². The predicted octanol–water partition coefficient (Wildman–Crippen LogP) is 3.36. The summed E-state index contributed by atoms with van der Waals surface area (Å²) in [6.45, 7) is 0. The third-order valence-electron chi connectivity index (χ3n) is 2.87. The molecule has 0 aliphatic rings. The smallest absolute Gasteiger partial charge is 0.270 e. The molecule has 3 rings (SSSR count). The zero-order chi connectivity index (χ0) is 14.8. The van der Waals surface area contributed by atoms with Crippen LogP contribution in [0.1, 0.15) is 0 Å². The molecule has 0 bridgehead atoms. The molecule has 21 heavy (non-hydrogen) atoms. The number of anilines is 1. The molecule has 6 nitrogen and oxygen atoms in total. The number of nitrogen functional groups attached to an aromatic ring is 1. The summed E-state index contributed by atoms with van der Waals surface area (Å²) in [7, 11) is 0. The minimum absolute atomic E-state index is 0.0161. The monoisotopic (exact) mass is 298 g/mol. The van der Waals surface area contributed by atoms with Crippen molar-refractivity contribution in [3.63, 3.8) is 0 Å². The topological polar surface area (TPSA) is 94.9 Å². The van der Waals surface area contributed by atoms with Crippen molar-refractivity contribution in [2.24, 2.45) is 0 Å². The molecule has 0 unspecified atom stereocenters. The van der Waals surface area contributed by atoms with Gasteiger partial charge in [0, 0.05) is 17.7 Å². The second-order valence-electron chi connectivity index (χ2n) is 4.28. The van der Waals surface area contributed by atoms with Gasteiger partial charge in [0.05, 0.1) is 21.2 Å². The Bertz CT molecular complexity index is 802. The van der Waals surface area contributed by atoms with E-state index in [0.717, 1.165) is 4.88 Å². The third-order valence-corrected chi connectivity index (χ3v) is 3.76. The molecule has 2 heterocycles. The van der Waals surface area contributed by atoms with E-state index >= 15 is 0 Å². The average Bonchev–Trinajstić information content (AvgIpc) is 3.01. The lowest BCUT2D eigenvalue weighted by molar-refractivity contribution is -0.384. The maximum Gasteiger partial charge on any atom is 0.270 e.